The zero-order valence-corrected chi connectivity index (χ0v) is 12.2. The third-order valence-corrected chi connectivity index (χ3v) is 3.76. The molecule has 0 saturated carbocycles. The van der Waals surface area contributed by atoms with Crippen LogP contribution in [0.1, 0.15) is 28.8 Å². The number of aliphatic hydroxyl groups is 1. The van der Waals surface area contributed by atoms with E-state index in [1.165, 1.54) is 0 Å². The van der Waals surface area contributed by atoms with Gasteiger partial charge in [0.15, 0.2) is 0 Å². The standard InChI is InChI=1S/C15H21NO4/c1-10-13(19-2)5-4-12(14(10)20-3)15(18)16-8-6-11(17)7-9-16/h4-5,11,17H,6-9H2,1-3H3. The van der Waals surface area contributed by atoms with E-state index in [-0.39, 0.29) is 12.0 Å². The van der Waals surface area contributed by atoms with Crippen LogP contribution < -0.4 is 9.47 Å². The Morgan fingerprint density at radius 1 is 1.25 bits per heavy atom. The number of methoxy groups -OCH3 is 2. The Morgan fingerprint density at radius 3 is 2.45 bits per heavy atom. The average molecular weight is 279 g/mol. The third kappa shape index (κ3) is 2.72. The highest BCUT2D eigenvalue weighted by molar-refractivity contribution is 5.97. The summed E-state index contributed by atoms with van der Waals surface area (Å²) in [6.45, 7) is 3.02. The number of nitrogens with zero attached hydrogens (tertiary/aromatic N) is 1. The molecule has 0 radical (unpaired) electrons. The van der Waals surface area contributed by atoms with Crippen molar-refractivity contribution in [1.29, 1.82) is 0 Å². The number of aliphatic hydroxyl groups excluding tert-OH is 1. The molecule has 1 saturated heterocycles. The minimum atomic E-state index is -0.293. The van der Waals surface area contributed by atoms with Gasteiger partial charge in [0.25, 0.3) is 5.91 Å². The number of hydrogen-bond donors (Lipinski definition) is 1. The smallest absolute Gasteiger partial charge is 0.257 e. The summed E-state index contributed by atoms with van der Waals surface area (Å²) in [5, 5.41) is 9.51. The van der Waals surface area contributed by atoms with Gasteiger partial charge in [-0.25, -0.2) is 0 Å². The molecule has 0 unspecified atom stereocenters. The zero-order valence-electron chi connectivity index (χ0n) is 12.2. The molecule has 0 aromatic heterocycles. The molecule has 20 heavy (non-hydrogen) atoms. The van der Waals surface area contributed by atoms with Crippen molar-refractivity contribution in [3.8, 4) is 11.5 Å². The zero-order chi connectivity index (χ0) is 14.7. The first-order valence-electron chi connectivity index (χ1n) is 6.77. The van der Waals surface area contributed by atoms with Gasteiger partial charge in [0.2, 0.25) is 0 Å². The van der Waals surface area contributed by atoms with E-state index in [0.29, 0.717) is 43.0 Å². The molecule has 110 valence electrons. The average Bonchev–Trinajstić information content (AvgIpc) is 2.47. The largest absolute Gasteiger partial charge is 0.496 e. The molecule has 0 bridgehead atoms. The van der Waals surface area contributed by atoms with E-state index in [2.05, 4.69) is 0 Å². The molecule has 0 atom stereocenters. The van der Waals surface area contributed by atoms with E-state index in [4.69, 9.17) is 9.47 Å². The van der Waals surface area contributed by atoms with Crippen LogP contribution in [-0.2, 0) is 0 Å². The highest BCUT2D eigenvalue weighted by atomic mass is 16.5. The molecule has 1 heterocycles. The predicted molar refractivity (Wildman–Crippen MR) is 75.4 cm³/mol. The maximum atomic E-state index is 12.6. The lowest BCUT2D eigenvalue weighted by Gasteiger charge is -2.30. The molecule has 1 N–H and O–H groups in total. The first kappa shape index (κ1) is 14.7. The van der Waals surface area contributed by atoms with Gasteiger partial charge in [0.1, 0.15) is 11.5 Å². The Balaban J connectivity index is 2.28. The Morgan fingerprint density at radius 2 is 1.90 bits per heavy atom. The monoisotopic (exact) mass is 279 g/mol. The van der Waals surface area contributed by atoms with Crippen LogP contribution in [0, 0.1) is 6.92 Å². The van der Waals surface area contributed by atoms with Gasteiger partial charge in [-0.15, -0.1) is 0 Å². The first-order chi connectivity index (χ1) is 9.58. The van der Waals surface area contributed by atoms with Crippen LogP contribution in [0.4, 0.5) is 0 Å². The van der Waals surface area contributed by atoms with Gasteiger partial charge in [0, 0.05) is 18.7 Å². The molecule has 1 fully saturated rings. The molecule has 1 amide bonds. The van der Waals surface area contributed by atoms with Gasteiger partial charge in [-0.1, -0.05) is 0 Å². The van der Waals surface area contributed by atoms with E-state index >= 15 is 0 Å². The van der Waals surface area contributed by atoms with Crippen LogP contribution in [-0.4, -0.2) is 49.3 Å². The highest BCUT2D eigenvalue weighted by Gasteiger charge is 2.25. The van der Waals surface area contributed by atoms with Crippen molar-refractivity contribution in [2.24, 2.45) is 0 Å². The van der Waals surface area contributed by atoms with Crippen molar-refractivity contribution < 1.29 is 19.4 Å². The summed E-state index contributed by atoms with van der Waals surface area (Å²) in [7, 11) is 3.15. The second-order valence-corrected chi connectivity index (χ2v) is 5.00. The van der Waals surface area contributed by atoms with Gasteiger partial charge in [-0.3, -0.25) is 4.79 Å². The maximum Gasteiger partial charge on any atom is 0.257 e. The van der Waals surface area contributed by atoms with Crippen LogP contribution in [0.3, 0.4) is 0 Å². The number of likely N-dealkylation sites (tertiary alicyclic amines) is 1. The fourth-order valence-corrected chi connectivity index (χ4v) is 2.57. The fourth-order valence-electron chi connectivity index (χ4n) is 2.57. The first-order valence-corrected chi connectivity index (χ1v) is 6.77. The molecule has 0 spiro atoms. The summed E-state index contributed by atoms with van der Waals surface area (Å²) < 4.78 is 10.6. The molecule has 1 aromatic rings. The van der Waals surface area contributed by atoms with Crippen molar-refractivity contribution in [3.63, 3.8) is 0 Å². The number of piperidine rings is 1. The number of rotatable bonds is 3. The Kier molecular flexibility index (Phi) is 4.49. The number of hydrogen-bond acceptors (Lipinski definition) is 4. The van der Waals surface area contributed by atoms with Crippen molar-refractivity contribution >= 4 is 5.91 Å². The van der Waals surface area contributed by atoms with Gasteiger partial charge in [-0.05, 0) is 31.9 Å². The van der Waals surface area contributed by atoms with Crippen LogP contribution in [0.25, 0.3) is 0 Å². The number of carbonyl (C=O) groups is 1. The molecule has 5 nitrogen and oxygen atoms in total. The van der Waals surface area contributed by atoms with Crippen molar-refractivity contribution in [1.82, 2.24) is 4.90 Å². The molecular formula is C15H21NO4. The quantitative estimate of drug-likeness (QED) is 0.913. The SMILES string of the molecule is COc1ccc(C(=O)N2CCC(O)CC2)c(OC)c1C. The lowest BCUT2D eigenvalue weighted by molar-refractivity contribution is 0.0544. The van der Waals surface area contributed by atoms with Crippen molar-refractivity contribution in [3.05, 3.63) is 23.3 Å². The summed E-state index contributed by atoms with van der Waals surface area (Å²) in [5.74, 6) is 1.20. The summed E-state index contributed by atoms with van der Waals surface area (Å²) in [6, 6.07) is 3.52. The van der Waals surface area contributed by atoms with E-state index in [1.54, 1.807) is 31.3 Å². The second kappa shape index (κ2) is 6.13. The Labute approximate surface area is 119 Å². The molecular weight excluding hydrogens is 258 g/mol. The van der Waals surface area contributed by atoms with Crippen LogP contribution in [0.2, 0.25) is 0 Å². The van der Waals surface area contributed by atoms with Gasteiger partial charge < -0.3 is 19.5 Å². The van der Waals surface area contributed by atoms with Gasteiger partial charge in [0.05, 0.1) is 25.9 Å². The normalized spacial score (nSPS) is 16.1. The molecule has 5 heteroatoms. The van der Waals surface area contributed by atoms with Crippen LogP contribution in [0.15, 0.2) is 12.1 Å². The topological polar surface area (TPSA) is 59.0 Å². The lowest BCUT2D eigenvalue weighted by atomic mass is 10.0. The Bertz CT molecular complexity index is 493. The molecule has 2 rings (SSSR count). The van der Waals surface area contributed by atoms with Gasteiger partial charge >= 0.3 is 0 Å². The predicted octanol–water partition coefficient (Wildman–Crippen LogP) is 1.61. The molecule has 1 aromatic carbocycles. The van der Waals surface area contributed by atoms with Crippen LogP contribution >= 0.6 is 0 Å². The van der Waals surface area contributed by atoms with Crippen LogP contribution in [0.5, 0.6) is 11.5 Å². The van der Waals surface area contributed by atoms with E-state index in [0.717, 1.165) is 5.56 Å². The van der Waals surface area contributed by atoms with E-state index in [1.807, 2.05) is 6.92 Å². The number of benzene rings is 1. The summed E-state index contributed by atoms with van der Waals surface area (Å²) in [5.41, 5.74) is 1.36. The highest BCUT2D eigenvalue weighted by Crippen LogP contribution is 2.32. The summed E-state index contributed by atoms with van der Waals surface area (Å²) in [4.78, 5) is 14.3. The third-order valence-electron chi connectivity index (χ3n) is 3.76. The minimum Gasteiger partial charge on any atom is -0.496 e. The number of carbonyl (C=O) groups excluding carboxylic acids is 1. The number of amides is 1. The number of ether oxygens (including phenoxy) is 2. The second-order valence-electron chi connectivity index (χ2n) is 5.00. The minimum absolute atomic E-state index is 0.0560. The summed E-state index contributed by atoms with van der Waals surface area (Å²) >= 11 is 0. The van der Waals surface area contributed by atoms with Crippen molar-refractivity contribution in [2.45, 2.75) is 25.9 Å². The van der Waals surface area contributed by atoms with E-state index in [9.17, 15) is 9.90 Å². The molecule has 1 aliphatic heterocycles. The fraction of sp³-hybridized carbons (Fsp3) is 0.533. The van der Waals surface area contributed by atoms with Crippen molar-refractivity contribution in [2.75, 3.05) is 27.3 Å². The van der Waals surface area contributed by atoms with E-state index < -0.39 is 0 Å². The Hall–Kier alpha value is -1.75. The summed E-state index contributed by atoms with van der Waals surface area (Å²) in [6.07, 6.45) is 0.963. The maximum absolute atomic E-state index is 12.6. The molecule has 0 aliphatic carbocycles. The van der Waals surface area contributed by atoms with Gasteiger partial charge in [-0.2, -0.15) is 0 Å². The molecule has 1 aliphatic rings. The lowest BCUT2D eigenvalue weighted by Crippen LogP contribution is -2.40.